The number of carbonyl (C=O) groups excluding carboxylic acids is 1. The summed E-state index contributed by atoms with van der Waals surface area (Å²) in [7, 11) is 1.49. The highest BCUT2D eigenvalue weighted by Crippen LogP contribution is 2.40. The van der Waals surface area contributed by atoms with Crippen molar-refractivity contribution in [3.05, 3.63) is 84.4 Å². The van der Waals surface area contributed by atoms with Crippen LogP contribution in [0.4, 0.5) is 18.9 Å². The van der Waals surface area contributed by atoms with Crippen LogP contribution in [0.25, 0.3) is 11.6 Å². The van der Waals surface area contributed by atoms with E-state index in [0.29, 0.717) is 36.2 Å². The number of fused-ring (bicyclic) bond motifs is 1. The predicted molar refractivity (Wildman–Crippen MR) is 134 cm³/mol. The molecule has 0 aromatic heterocycles. The lowest BCUT2D eigenvalue weighted by molar-refractivity contribution is -0.137. The fraction of sp³-hybridized carbons (Fsp3) is 0.125. The molecule has 176 valence electrons. The van der Waals surface area contributed by atoms with Gasteiger partial charge in [0.2, 0.25) is 0 Å². The van der Waals surface area contributed by atoms with Gasteiger partial charge in [0, 0.05) is 32.4 Å². The molecule has 1 amide bonds. The molecular weight excluding hydrogens is 605 g/mol. The van der Waals surface area contributed by atoms with Crippen LogP contribution >= 0.6 is 45.8 Å². The normalized spacial score (nSPS) is 14.2. The first-order chi connectivity index (χ1) is 16.1. The molecule has 4 nitrogen and oxygen atoms in total. The zero-order valence-electron chi connectivity index (χ0n) is 17.4. The van der Waals surface area contributed by atoms with E-state index in [-0.39, 0.29) is 17.9 Å². The number of halogens is 6. The summed E-state index contributed by atoms with van der Waals surface area (Å²) < 4.78 is 51.2. The van der Waals surface area contributed by atoms with Crippen LogP contribution in [0.3, 0.4) is 0 Å². The Kier molecular flexibility index (Phi) is 7.02. The van der Waals surface area contributed by atoms with E-state index in [1.165, 1.54) is 13.2 Å². The van der Waals surface area contributed by atoms with Crippen LogP contribution in [0, 0.1) is 3.57 Å². The van der Waals surface area contributed by atoms with Crippen molar-refractivity contribution in [2.24, 2.45) is 0 Å². The molecule has 1 aliphatic rings. The molecule has 4 rings (SSSR count). The van der Waals surface area contributed by atoms with E-state index in [4.69, 9.17) is 32.7 Å². The maximum Gasteiger partial charge on any atom is 0.416 e. The maximum atomic E-state index is 13.0. The van der Waals surface area contributed by atoms with Crippen molar-refractivity contribution in [1.29, 1.82) is 0 Å². The monoisotopic (exact) mass is 619 g/mol. The van der Waals surface area contributed by atoms with Crippen molar-refractivity contribution in [1.82, 2.24) is 0 Å². The lowest BCUT2D eigenvalue weighted by Crippen LogP contribution is -2.06. The molecule has 0 atom stereocenters. The number of benzene rings is 3. The third kappa shape index (κ3) is 5.13. The third-order valence-corrected chi connectivity index (χ3v) is 6.47. The molecule has 1 N–H and O–H groups in total. The molecular formula is C24H15Cl2F3INO3. The number of carbonyl (C=O) groups is 1. The van der Waals surface area contributed by atoms with E-state index in [9.17, 15) is 18.0 Å². The largest absolute Gasteiger partial charge is 0.493 e. The summed E-state index contributed by atoms with van der Waals surface area (Å²) in [5.41, 5.74) is 1.30. The summed E-state index contributed by atoms with van der Waals surface area (Å²) in [6.45, 7) is 0.181. The first-order valence-corrected chi connectivity index (χ1v) is 11.6. The Bertz CT molecular complexity index is 1330. The predicted octanol–water partition coefficient (Wildman–Crippen LogP) is 7.70. The van der Waals surface area contributed by atoms with Crippen molar-refractivity contribution >= 4 is 69.0 Å². The Labute approximate surface area is 216 Å². The average molecular weight is 620 g/mol. The Balaban J connectivity index is 1.64. The van der Waals surface area contributed by atoms with E-state index >= 15 is 0 Å². The van der Waals surface area contributed by atoms with Crippen LogP contribution < -0.4 is 14.8 Å². The van der Waals surface area contributed by atoms with Crippen molar-refractivity contribution in [2.45, 2.75) is 12.8 Å². The molecule has 0 fully saturated rings. The Morgan fingerprint density at radius 1 is 1.09 bits per heavy atom. The highest BCUT2D eigenvalue weighted by molar-refractivity contribution is 14.1. The fourth-order valence-electron chi connectivity index (χ4n) is 3.43. The highest BCUT2D eigenvalue weighted by Gasteiger charge is 2.33. The number of hydrogen-bond acceptors (Lipinski definition) is 3. The zero-order chi connectivity index (χ0) is 24.6. The summed E-state index contributed by atoms with van der Waals surface area (Å²) in [5.74, 6) is 0.429. The number of nitrogens with one attached hydrogen (secondary N) is 1. The van der Waals surface area contributed by atoms with E-state index in [0.717, 1.165) is 17.7 Å². The molecule has 0 radical (unpaired) electrons. The molecule has 3 aromatic carbocycles. The van der Waals surface area contributed by atoms with Gasteiger partial charge in [-0.15, -0.1) is 0 Å². The first-order valence-electron chi connectivity index (χ1n) is 9.75. The Morgan fingerprint density at radius 2 is 1.85 bits per heavy atom. The maximum absolute atomic E-state index is 13.0. The van der Waals surface area contributed by atoms with Crippen LogP contribution in [-0.4, -0.2) is 13.0 Å². The lowest BCUT2D eigenvalue weighted by Gasteiger charge is -2.14. The van der Waals surface area contributed by atoms with Gasteiger partial charge in [-0.2, -0.15) is 13.2 Å². The molecule has 0 spiro atoms. The Hall–Kier alpha value is -2.43. The summed E-state index contributed by atoms with van der Waals surface area (Å²) in [5, 5.41) is 3.49. The van der Waals surface area contributed by atoms with Crippen molar-refractivity contribution in [3.8, 4) is 11.5 Å². The van der Waals surface area contributed by atoms with Gasteiger partial charge in [-0.1, -0.05) is 35.3 Å². The van der Waals surface area contributed by atoms with Gasteiger partial charge in [-0.25, -0.2) is 0 Å². The summed E-state index contributed by atoms with van der Waals surface area (Å²) in [6, 6.07) is 11.7. The van der Waals surface area contributed by atoms with Crippen LogP contribution in [0.5, 0.6) is 11.5 Å². The second-order valence-electron chi connectivity index (χ2n) is 7.33. The number of amides is 1. The molecule has 0 aliphatic carbocycles. The number of rotatable bonds is 5. The van der Waals surface area contributed by atoms with Gasteiger partial charge < -0.3 is 14.8 Å². The third-order valence-electron chi connectivity index (χ3n) is 5.08. The van der Waals surface area contributed by atoms with E-state index in [2.05, 4.69) is 27.9 Å². The van der Waals surface area contributed by atoms with E-state index < -0.39 is 17.6 Å². The molecule has 1 aliphatic heterocycles. The number of methoxy groups -OCH3 is 1. The number of ether oxygens (including phenoxy) is 2. The molecule has 1 heterocycles. The second-order valence-corrected chi connectivity index (χ2v) is 9.33. The van der Waals surface area contributed by atoms with Crippen molar-refractivity contribution in [3.63, 3.8) is 0 Å². The zero-order valence-corrected chi connectivity index (χ0v) is 21.1. The molecule has 0 unspecified atom stereocenters. The molecule has 34 heavy (non-hydrogen) atoms. The summed E-state index contributed by atoms with van der Waals surface area (Å²) in [6.07, 6.45) is -2.90. The van der Waals surface area contributed by atoms with E-state index in [1.807, 2.05) is 0 Å². The van der Waals surface area contributed by atoms with Crippen LogP contribution in [0.15, 0.2) is 48.5 Å². The lowest BCUT2D eigenvalue weighted by atomic mass is 10.0. The molecule has 10 heteroatoms. The fourth-order valence-corrected chi connectivity index (χ4v) is 4.68. The molecule has 3 aromatic rings. The number of alkyl halides is 3. The van der Waals surface area contributed by atoms with E-state index in [1.54, 1.807) is 36.4 Å². The molecule has 0 saturated heterocycles. The average Bonchev–Trinajstić information content (AvgIpc) is 3.07. The van der Waals surface area contributed by atoms with Gasteiger partial charge >= 0.3 is 6.18 Å². The van der Waals surface area contributed by atoms with Gasteiger partial charge in [-0.3, -0.25) is 4.79 Å². The SMILES string of the molecule is COc1cc(/C=C2\C(=O)Nc3cc(C(F)(F)F)ccc32)cc(I)c1OCc1ccc(Cl)cc1Cl. The highest BCUT2D eigenvalue weighted by atomic mass is 127. The topological polar surface area (TPSA) is 47.6 Å². The number of anilines is 1. The Morgan fingerprint density at radius 3 is 2.53 bits per heavy atom. The molecule has 0 bridgehead atoms. The minimum absolute atomic E-state index is 0.118. The molecule has 0 saturated carbocycles. The standard InChI is InChI=1S/C24H15Cl2F3INO3/c1-33-21-8-12(7-19(30)22(21)34-11-13-2-4-15(25)10-18(13)26)6-17-16-5-3-14(24(27,28)29)9-20(16)31-23(17)32/h2-10H,11H2,1H3,(H,31,32)/b17-6-. The number of hydrogen-bond donors (Lipinski definition) is 1. The summed E-state index contributed by atoms with van der Waals surface area (Å²) in [4.78, 5) is 12.5. The summed E-state index contributed by atoms with van der Waals surface area (Å²) >= 11 is 14.2. The van der Waals surface area contributed by atoms with Gasteiger partial charge in [0.25, 0.3) is 5.91 Å². The van der Waals surface area contributed by atoms with Crippen LogP contribution in [0.1, 0.15) is 22.3 Å². The minimum Gasteiger partial charge on any atom is -0.493 e. The van der Waals surface area contributed by atoms with Gasteiger partial charge in [-0.05, 0) is 70.6 Å². The van der Waals surface area contributed by atoms with Crippen molar-refractivity contribution < 1.29 is 27.4 Å². The first kappa shape index (κ1) is 24.7. The van der Waals surface area contributed by atoms with Gasteiger partial charge in [0.05, 0.1) is 16.2 Å². The quantitative estimate of drug-likeness (QED) is 0.235. The second kappa shape index (κ2) is 9.67. The van der Waals surface area contributed by atoms with Crippen LogP contribution in [0.2, 0.25) is 10.0 Å². The van der Waals surface area contributed by atoms with Crippen molar-refractivity contribution in [2.75, 3.05) is 12.4 Å². The van der Waals surface area contributed by atoms with Crippen LogP contribution in [-0.2, 0) is 17.6 Å². The van der Waals surface area contributed by atoms with Gasteiger partial charge in [0.15, 0.2) is 11.5 Å². The smallest absolute Gasteiger partial charge is 0.416 e. The van der Waals surface area contributed by atoms with Gasteiger partial charge in [0.1, 0.15) is 6.61 Å². The minimum atomic E-state index is -4.50.